The first-order valence-electron chi connectivity index (χ1n) is 8.67. The molecule has 150 valence electrons. The molecule has 7 nitrogen and oxygen atoms in total. The monoisotopic (exact) mass is 430 g/mol. The molecule has 0 saturated carbocycles. The molecule has 1 fully saturated rings. The highest BCUT2D eigenvalue weighted by atomic mass is 32.2. The van der Waals surface area contributed by atoms with Crippen molar-refractivity contribution >= 4 is 51.9 Å². The van der Waals surface area contributed by atoms with Gasteiger partial charge in [-0.15, -0.1) is 0 Å². The van der Waals surface area contributed by atoms with E-state index in [0.717, 1.165) is 11.8 Å². The molecular formula is C20H18N2O5S2. The second-order valence-electron chi connectivity index (χ2n) is 6.22. The van der Waals surface area contributed by atoms with Crippen LogP contribution in [0.4, 0.5) is 5.69 Å². The summed E-state index contributed by atoms with van der Waals surface area (Å²) in [5.41, 5.74) is 6.71. The van der Waals surface area contributed by atoms with Crippen LogP contribution in [0.3, 0.4) is 0 Å². The number of thiocarbonyl (C=S) groups is 1. The summed E-state index contributed by atoms with van der Waals surface area (Å²) < 4.78 is 6.04. The number of aromatic hydroxyl groups is 1. The van der Waals surface area contributed by atoms with E-state index in [0.29, 0.717) is 38.4 Å². The summed E-state index contributed by atoms with van der Waals surface area (Å²) in [5, 5.41) is 19.0. The number of benzene rings is 2. The Morgan fingerprint density at radius 3 is 2.55 bits per heavy atom. The molecule has 0 spiro atoms. The van der Waals surface area contributed by atoms with E-state index in [9.17, 15) is 14.7 Å². The average molecular weight is 431 g/mol. The number of carbonyl (C=O) groups is 2. The summed E-state index contributed by atoms with van der Waals surface area (Å²) >= 11 is 6.33. The van der Waals surface area contributed by atoms with Crippen molar-refractivity contribution in [3.05, 3.63) is 52.9 Å². The molecule has 2 aromatic rings. The van der Waals surface area contributed by atoms with Gasteiger partial charge in [0, 0.05) is 30.3 Å². The molecule has 1 amide bonds. The van der Waals surface area contributed by atoms with E-state index in [1.165, 1.54) is 11.0 Å². The quantitative estimate of drug-likeness (QED) is 0.345. The van der Waals surface area contributed by atoms with Gasteiger partial charge in [-0.05, 0) is 48.9 Å². The van der Waals surface area contributed by atoms with Gasteiger partial charge in [0.05, 0.1) is 4.91 Å². The molecule has 0 aromatic heterocycles. The maximum atomic E-state index is 12.5. The Labute approximate surface area is 176 Å². The zero-order valence-corrected chi connectivity index (χ0v) is 16.8. The fraction of sp³-hybridized carbons (Fsp3) is 0.150. The predicted octanol–water partition coefficient (Wildman–Crippen LogP) is 3.83. The lowest BCUT2D eigenvalue weighted by molar-refractivity contribution is -0.137. The Balaban J connectivity index is 1.71. The van der Waals surface area contributed by atoms with E-state index in [2.05, 4.69) is 0 Å². The number of carboxylic acid groups (broad SMARTS) is 1. The molecule has 2 aromatic carbocycles. The maximum Gasteiger partial charge on any atom is 0.303 e. The highest BCUT2D eigenvalue weighted by Crippen LogP contribution is 2.35. The number of hydrogen-bond donors (Lipinski definition) is 3. The van der Waals surface area contributed by atoms with Crippen molar-refractivity contribution in [1.29, 1.82) is 0 Å². The number of hydrogen-bond acceptors (Lipinski definition) is 7. The third-order valence-electron chi connectivity index (χ3n) is 4.05. The molecule has 1 heterocycles. The van der Waals surface area contributed by atoms with Gasteiger partial charge in [0.1, 0.15) is 21.6 Å². The van der Waals surface area contributed by atoms with Crippen LogP contribution in [0.5, 0.6) is 17.2 Å². The Morgan fingerprint density at radius 2 is 1.90 bits per heavy atom. The molecule has 3 rings (SSSR count). The summed E-state index contributed by atoms with van der Waals surface area (Å²) in [7, 11) is 0. The molecule has 0 bridgehead atoms. The number of nitrogens with two attached hydrogens (primary N) is 1. The second-order valence-corrected chi connectivity index (χ2v) is 7.90. The number of ether oxygens (including phenoxy) is 1. The Hall–Kier alpha value is -3.04. The zero-order chi connectivity index (χ0) is 21.0. The number of anilines is 1. The second kappa shape index (κ2) is 8.97. The third kappa shape index (κ3) is 5.27. The van der Waals surface area contributed by atoms with Crippen molar-refractivity contribution in [1.82, 2.24) is 4.90 Å². The first-order valence-corrected chi connectivity index (χ1v) is 9.89. The Kier molecular flexibility index (Phi) is 6.40. The molecule has 0 radical (unpaired) electrons. The molecule has 1 saturated heterocycles. The molecule has 1 aliphatic rings. The van der Waals surface area contributed by atoms with E-state index in [1.54, 1.807) is 42.5 Å². The van der Waals surface area contributed by atoms with Crippen LogP contribution >= 0.6 is 24.0 Å². The minimum absolute atomic E-state index is 0.0354. The molecule has 0 unspecified atom stereocenters. The minimum Gasteiger partial charge on any atom is -0.507 e. The van der Waals surface area contributed by atoms with Crippen LogP contribution < -0.4 is 10.5 Å². The predicted molar refractivity (Wildman–Crippen MR) is 116 cm³/mol. The van der Waals surface area contributed by atoms with Crippen LogP contribution in [-0.2, 0) is 9.59 Å². The van der Waals surface area contributed by atoms with Crippen LogP contribution in [0.15, 0.2) is 47.4 Å². The fourth-order valence-corrected chi connectivity index (χ4v) is 3.90. The molecular weight excluding hydrogens is 412 g/mol. The van der Waals surface area contributed by atoms with Crippen molar-refractivity contribution in [2.24, 2.45) is 0 Å². The number of carbonyl (C=O) groups excluding carboxylic acids is 1. The molecule has 1 aliphatic heterocycles. The van der Waals surface area contributed by atoms with Gasteiger partial charge >= 0.3 is 5.97 Å². The van der Waals surface area contributed by atoms with Crippen molar-refractivity contribution in [3.8, 4) is 17.2 Å². The smallest absolute Gasteiger partial charge is 0.303 e. The van der Waals surface area contributed by atoms with Crippen LogP contribution in [0.25, 0.3) is 6.08 Å². The van der Waals surface area contributed by atoms with Gasteiger partial charge in [0.15, 0.2) is 0 Å². The highest BCUT2D eigenvalue weighted by molar-refractivity contribution is 8.26. The van der Waals surface area contributed by atoms with Crippen LogP contribution in [0.1, 0.15) is 18.4 Å². The average Bonchev–Trinajstić information content (AvgIpc) is 2.93. The largest absolute Gasteiger partial charge is 0.507 e. The van der Waals surface area contributed by atoms with Gasteiger partial charge in [-0.2, -0.15) is 0 Å². The van der Waals surface area contributed by atoms with Crippen LogP contribution in [0.2, 0.25) is 0 Å². The molecule has 29 heavy (non-hydrogen) atoms. The Bertz CT molecular complexity index is 989. The van der Waals surface area contributed by atoms with Gasteiger partial charge in [0.25, 0.3) is 5.91 Å². The third-order valence-corrected chi connectivity index (χ3v) is 5.43. The minimum atomic E-state index is -0.919. The summed E-state index contributed by atoms with van der Waals surface area (Å²) in [5.74, 6) is -0.252. The van der Waals surface area contributed by atoms with Crippen molar-refractivity contribution < 1.29 is 24.5 Å². The van der Waals surface area contributed by atoms with E-state index < -0.39 is 5.97 Å². The molecule has 9 heteroatoms. The van der Waals surface area contributed by atoms with E-state index in [1.807, 2.05) is 0 Å². The standard InChI is InChI=1S/C20H18N2O5S2/c21-13-4-7-14(8-5-13)27-15-6-3-12(16(23)11-15)10-17-19(26)22(20(28)29-17)9-1-2-18(24)25/h3-8,10-11,23H,1-2,9,21H2,(H,24,25). The first-order chi connectivity index (χ1) is 13.8. The van der Waals surface area contributed by atoms with Gasteiger partial charge in [-0.1, -0.05) is 24.0 Å². The lowest BCUT2D eigenvalue weighted by atomic mass is 10.1. The van der Waals surface area contributed by atoms with Gasteiger partial charge < -0.3 is 20.7 Å². The van der Waals surface area contributed by atoms with E-state index in [4.69, 9.17) is 27.8 Å². The number of thioether (sulfide) groups is 1. The number of carboxylic acids is 1. The maximum absolute atomic E-state index is 12.5. The number of phenolic OH excluding ortho intramolecular Hbond substituents is 1. The van der Waals surface area contributed by atoms with Gasteiger partial charge in [-0.3, -0.25) is 14.5 Å². The Morgan fingerprint density at radius 1 is 1.21 bits per heavy atom. The summed E-state index contributed by atoms with van der Waals surface area (Å²) in [4.78, 5) is 24.9. The number of nitrogen functional groups attached to an aromatic ring is 1. The fourth-order valence-electron chi connectivity index (χ4n) is 2.60. The lowest BCUT2D eigenvalue weighted by Gasteiger charge is -2.13. The van der Waals surface area contributed by atoms with Crippen molar-refractivity contribution in [3.63, 3.8) is 0 Å². The summed E-state index contributed by atoms with van der Waals surface area (Å²) in [6, 6.07) is 11.6. The van der Waals surface area contributed by atoms with Crippen molar-refractivity contribution in [2.75, 3.05) is 12.3 Å². The summed E-state index contributed by atoms with van der Waals surface area (Å²) in [6.07, 6.45) is 1.84. The van der Waals surface area contributed by atoms with Gasteiger partial charge in [0.2, 0.25) is 0 Å². The zero-order valence-electron chi connectivity index (χ0n) is 15.2. The number of nitrogens with zero attached hydrogens (tertiary/aromatic N) is 1. The van der Waals surface area contributed by atoms with Crippen LogP contribution in [-0.4, -0.2) is 37.9 Å². The SMILES string of the molecule is Nc1ccc(Oc2ccc(C=C3SC(=S)N(CCCC(=O)O)C3=O)c(O)c2)cc1. The molecule has 4 N–H and O–H groups in total. The van der Waals surface area contributed by atoms with E-state index in [-0.39, 0.29) is 24.6 Å². The number of amides is 1. The lowest BCUT2D eigenvalue weighted by Crippen LogP contribution is -2.29. The summed E-state index contributed by atoms with van der Waals surface area (Å²) in [6.45, 7) is 0.245. The molecule has 0 atom stereocenters. The number of phenols is 1. The van der Waals surface area contributed by atoms with Crippen molar-refractivity contribution in [2.45, 2.75) is 12.8 Å². The number of rotatable bonds is 7. The molecule has 0 aliphatic carbocycles. The van der Waals surface area contributed by atoms with Crippen LogP contribution in [0, 0.1) is 0 Å². The topological polar surface area (TPSA) is 113 Å². The van der Waals surface area contributed by atoms with Gasteiger partial charge in [-0.25, -0.2) is 0 Å². The normalized spacial score (nSPS) is 15.2. The first kappa shape index (κ1) is 20.7. The van der Waals surface area contributed by atoms with E-state index >= 15 is 0 Å². The highest BCUT2D eigenvalue weighted by Gasteiger charge is 2.31. The number of aliphatic carboxylic acids is 1.